The molecule has 2 aromatic carbocycles. The number of rotatable bonds is 2. The van der Waals surface area contributed by atoms with Crippen molar-refractivity contribution in [2.45, 2.75) is 19.3 Å². The lowest BCUT2D eigenvalue weighted by Gasteiger charge is -2.16. The molecule has 0 N–H and O–H groups in total. The van der Waals surface area contributed by atoms with Crippen LogP contribution < -0.4 is 0 Å². The number of carbonyl (C=O) groups excluding carboxylic acids is 1. The average molecular weight is 432 g/mol. The molecule has 0 heterocycles. The highest BCUT2D eigenvalue weighted by Gasteiger charge is 2.20. The molecule has 0 aromatic heterocycles. The van der Waals surface area contributed by atoms with Crippen LogP contribution in [0.25, 0.3) is 12.2 Å². The van der Waals surface area contributed by atoms with Crippen LogP contribution in [0, 0.1) is 0 Å². The fourth-order valence-corrected chi connectivity index (χ4v) is 3.61. The SMILES string of the molecule is O=C1/C(=C\c2cccc(Br)c2)CCC/C1=C\c1cccc(Br)c1. The summed E-state index contributed by atoms with van der Waals surface area (Å²) in [6, 6.07) is 16.1. The largest absolute Gasteiger partial charge is 0.289 e. The minimum atomic E-state index is 0.177. The van der Waals surface area contributed by atoms with E-state index in [-0.39, 0.29) is 5.78 Å². The van der Waals surface area contributed by atoms with E-state index in [2.05, 4.69) is 31.9 Å². The van der Waals surface area contributed by atoms with Gasteiger partial charge in [0.2, 0.25) is 0 Å². The zero-order chi connectivity index (χ0) is 16.2. The first kappa shape index (κ1) is 16.4. The van der Waals surface area contributed by atoms with Crippen LogP contribution in [-0.2, 0) is 4.79 Å². The minimum absolute atomic E-state index is 0.177. The Bertz CT molecular complexity index is 737. The first-order valence-corrected chi connectivity index (χ1v) is 9.17. The van der Waals surface area contributed by atoms with E-state index in [4.69, 9.17) is 0 Å². The van der Waals surface area contributed by atoms with Gasteiger partial charge in [0.05, 0.1) is 0 Å². The molecule has 23 heavy (non-hydrogen) atoms. The Morgan fingerprint density at radius 1 is 0.783 bits per heavy atom. The average Bonchev–Trinajstić information content (AvgIpc) is 2.51. The molecule has 0 atom stereocenters. The molecule has 0 radical (unpaired) electrons. The topological polar surface area (TPSA) is 17.1 Å². The van der Waals surface area contributed by atoms with Crippen LogP contribution >= 0.6 is 31.9 Å². The van der Waals surface area contributed by atoms with Gasteiger partial charge in [-0.2, -0.15) is 0 Å². The molecule has 3 rings (SSSR count). The van der Waals surface area contributed by atoms with E-state index in [0.717, 1.165) is 50.5 Å². The summed E-state index contributed by atoms with van der Waals surface area (Å²) in [5.74, 6) is 0.177. The van der Waals surface area contributed by atoms with Crippen LogP contribution in [0.4, 0.5) is 0 Å². The molecule has 1 fully saturated rings. The zero-order valence-corrected chi connectivity index (χ0v) is 15.7. The van der Waals surface area contributed by atoms with Gasteiger partial charge in [-0.1, -0.05) is 56.1 Å². The third kappa shape index (κ3) is 4.30. The van der Waals surface area contributed by atoms with Gasteiger partial charge in [0, 0.05) is 20.1 Å². The third-order valence-electron chi connectivity index (χ3n) is 3.85. The maximum atomic E-state index is 12.7. The van der Waals surface area contributed by atoms with E-state index in [1.165, 1.54) is 0 Å². The van der Waals surface area contributed by atoms with Crippen molar-refractivity contribution in [1.29, 1.82) is 0 Å². The van der Waals surface area contributed by atoms with Crippen LogP contribution in [0.2, 0.25) is 0 Å². The molecule has 0 aliphatic heterocycles. The zero-order valence-electron chi connectivity index (χ0n) is 12.6. The standard InChI is InChI=1S/C20H16Br2O/c21-18-8-1-4-14(12-18)10-16-6-3-7-17(20(16)23)11-15-5-2-9-19(22)13-15/h1-2,4-5,8-13H,3,6-7H2/b16-10-,17-11+. The molecule has 1 aliphatic carbocycles. The Hall–Kier alpha value is -1.45. The first-order chi connectivity index (χ1) is 11.1. The molecule has 2 aromatic rings. The van der Waals surface area contributed by atoms with Gasteiger partial charge in [-0.05, 0) is 66.8 Å². The Balaban J connectivity index is 1.89. The third-order valence-corrected chi connectivity index (χ3v) is 4.84. The normalized spacial score (nSPS) is 18.6. The number of ketones is 1. The highest BCUT2D eigenvalue weighted by atomic mass is 79.9. The molecule has 116 valence electrons. The van der Waals surface area contributed by atoms with Crippen molar-refractivity contribution in [1.82, 2.24) is 0 Å². The lowest BCUT2D eigenvalue weighted by atomic mass is 9.87. The molecule has 3 heteroatoms. The monoisotopic (exact) mass is 430 g/mol. The Labute approximate surface area is 153 Å². The van der Waals surface area contributed by atoms with E-state index < -0.39 is 0 Å². The van der Waals surface area contributed by atoms with Crippen LogP contribution in [0.3, 0.4) is 0 Å². The summed E-state index contributed by atoms with van der Waals surface area (Å²) >= 11 is 6.95. The van der Waals surface area contributed by atoms with E-state index in [0.29, 0.717) is 0 Å². The van der Waals surface area contributed by atoms with Gasteiger partial charge in [0.1, 0.15) is 0 Å². The van der Waals surface area contributed by atoms with E-state index in [1.807, 2.05) is 60.7 Å². The predicted octanol–water partition coefficient (Wildman–Crippen LogP) is 6.43. The van der Waals surface area contributed by atoms with Gasteiger partial charge in [0.15, 0.2) is 5.78 Å². The van der Waals surface area contributed by atoms with Crippen LogP contribution in [-0.4, -0.2) is 5.78 Å². The molecule has 1 nitrogen and oxygen atoms in total. The number of halogens is 2. The molecule has 1 aliphatic rings. The second-order valence-electron chi connectivity index (χ2n) is 5.63. The highest BCUT2D eigenvalue weighted by Crippen LogP contribution is 2.28. The summed E-state index contributed by atoms with van der Waals surface area (Å²) in [6.07, 6.45) is 6.75. The second-order valence-corrected chi connectivity index (χ2v) is 7.46. The second kappa shape index (κ2) is 7.41. The predicted molar refractivity (Wildman–Crippen MR) is 103 cm³/mol. The van der Waals surface area contributed by atoms with Crippen LogP contribution in [0.1, 0.15) is 30.4 Å². The molecule has 0 spiro atoms. The van der Waals surface area contributed by atoms with Crippen LogP contribution in [0.15, 0.2) is 68.6 Å². The summed E-state index contributed by atoms with van der Waals surface area (Å²) < 4.78 is 2.06. The number of benzene rings is 2. The number of carbonyl (C=O) groups is 1. The lowest BCUT2D eigenvalue weighted by Crippen LogP contribution is -2.12. The van der Waals surface area contributed by atoms with Gasteiger partial charge in [-0.15, -0.1) is 0 Å². The summed E-state index contributed by atoms with van der Waals surface area (Å²) in [5.41, 5.74) is 3.92. The fourth-order valence-electron chi connectivity index (χ4n) is 2.77. The van der Waals surface area contributed by atoms with Crippen molar-refractivity contribution in [3.63, 3.8) is 0 Å². The number of hydrogen-bond acceptors (Lipinski definition) is 1. The molecule has 0 saturated heterocycles. The van der Waals surface area contributed by atoms with Crippen molar-refractivity contribution in [3.05, 3.63) is 79.7 Å². The van der Waals surface area contributed by atoms with Crippen molar-refractivity contribution in [2.75, 3.05) is 0 Å². The number of Topliss-reactive ketones (excluding diaryl/α,β-unsaturated/α-hetero) is 1. The van der Waals surface area contributed by atoms with Crippen molar-refractivity contribution < 1.29 is 4.79 Å². The lowest BCUT2D eigenvalue weighted by molar-refractivity contribution is -0.112. The maximum absolute atomic E-state index is 12.7. The number of allylic oxidation sites excluding steroid dienone is 2. The summed E-state index contributed by atoms with van der Waals surface area (Å²) in [7, 11) is 0. The molecule has 1 saturated carbocycles. The van der Waals surface area contributed by atoms with Gasteiger partial charge < -0.3 is 0 Å². The van der Waals surface area contributed by atoms with Gasteiger partial charge in [-0.3, -0.25) is 4.79 Å². The van der Waals surface area contributed by atoms with Gasteiger partial charge in [0.25, 0.3) is 0 Å². The molecular weight excluding hydrogens is 416 g/mol. The Morgan fingerprint density at radius 3 is 1.70 bits per heavy atom. The van der Waals surface area contributed by atoms with Gasteiger partial charge >= 0.3 is 0 Å². The molecule has 0 amide bonds. The number of hydrogen-bond donors (Lipinski definition) is 0. The van der Waals surface area contributed by atoms with E-state index in [9.17, 15) is 4.79 Å². The molecule has 0 unspecified atom stereocenters. The van der Waals surface area contributed by atoms with Crippen LogP contribution in [0.5, 0.6) is 0 Å². The summed E-state index contributed by atoms with van der Waals surface area (Å²) in [4.78, 5) is 12.7. The smallest absolute Gasteiger partial charge is 0.185 e. The fraction of sp³-hybridized carbons (Fsp3) is 0.150. The van der Waals surface area contributed by atoms with Gasteiger partial charge in [-0.25, -0.2) is 0 Å². The summed E-state index contributed by atoms with van der Waals surface area (Å²) in [5, 5.41) is 0. The minimum Gasteiger partial charge on any atom is -0.289 e. The Kier molecular flexibility index (Phi) is 5.29. The summed E-state index contributed by atoms with van der Waals surface area (Å²) in [6.45, 7) is 0. The Morgan fingerprint density at radius 2 is 1.26 bits per heavy atom. The quantitative estimate of drug-likeness (QED) is 0.500. The van der Waals surface area contributed by atoms with Crippen molar-refractivity contribution >= 4 is 49.8 Å². The van der Waals surface area contributed by atoms with E-state index in [1.54, 1.807) is 0 Å². The maximum Gasteiger partial charge on any atom is 0.185 e. The van der Waals surface area contributed by atoms with E-state index >= 15 is 0 Å². The first-order valence-electron chi connectivity index (χ1n) is 7.59. The van der Waals surface area contributed by atoms with Crippen molar-refractivity contribution in [3.8, 4) is 0 Å². The highest BCUT2D eigenvalue weighted by molar-refractivity contribution is 9.10. The molecule has 0 bridgehead atoms. The van der Waals surface area contributed by atoms with Crippen molar-refractivity contribution in [2.24, 2.45) is 0 Å². The molecular formula is C20H16Br2O.